The quantitative estimate of drug-likeness (QED) is 0.544. The third kappa shape index (κ3) is 6.17. The van der Waals surface area contributed by atoms with Crippen LogP contribution < -0.4 is 0 Å². The minimum absolute atomic E-state index is 0.0104. The van der Waals surface area contributed by atoms with E-state index in [2.05, 4.69) is 0 Å². The SMILES string of the molecule is Cc1ccc(S(=O)(=O)OCC2CC(S(=O)(=O)c3ccc(C)cc3)CN2C(=O)OC(C)(C)C)cc1. The molecule has 1 fully saturated rings. The first kappa shape index (κ1) is 26.2. The van der Waals surface area contributed by atoms with Crippen LogP contribution in [0.2, 0.25) is 0 Å². The van der Waals surface area contributed by atoms with Gasteiger partial charge in [0, 0.05) is 6.54 Å². The average Bonchev–Trinajstić information content (AvgIpc) is 3.17. The second-order valence-electron chi connectivity index (χ2n) is 9.55. The van der Waals surface area contributed by atoms with Crippen LogP contribution in [0.1, 0.15) is 38.3 Å². The van der Waals surface area contributed by atoms with Gasteiger partial charge in [0.15, 0.2) is 9.84 Å². The molecular weight excluding hydrogens is 478 g/mol. The van der Waals surface area contributed by atoms with E-state index >= 15 is 0 Å². The van der Waals surface area contributed by atoms with Gasteiger partial charge in [0.25, 0.3) is 10.1 Å². The Balaban J connectivity index is 1.84. The second kappa shape index (κ2) is 9.67. The minimum atomic E-state index is -4.09. The monoisotopic (exact) mass is 509 g/mol. The van der Waals surface area contributed by atoms with E-state index in [9.17, 15) is 21.6 Å². The van der Waals surface area contributed by atoms with Crippen molar-refractivity contribution in [1.82, 2.24) is 4.90 Å². The van der Waals surface area contributed by atoms with Gasteiger partial charge in [-0.2, -0.15) is 8.42 Å². The number of hydrogen-bond acceptors (Lipinski definition) is 7. The summed E-state index contributed by atoms with van der Waals surface area (Å²) in [6.45, 7) is 8.30. The molecule has 2 aromatic rings. The van der Waals surface area contributed by atoms with E-state index in [0.29, 0.717) is 0 Å². The smallest absolute Gasteiger partial charge is 0.410 e. The standard InChI is InChI=1S/C24H31NO7S2/c1-17-6-10-20(11-7-17)33(27,28)22-14-19(25(15-22)23(26)32-24(3,4)5)16-31-34(29,30)21-12-8-18(2)9-13-21/h6-13,19,22H,14-16H2,1-5H3. The molecule has 1 saturated heterocycles. The van der Waals surface area contributed by atoms with Crippen LogP contribution in [0, 0.1) is 13.8 Å². The van der Waals surface area contributed by atoms with Gasteiger partial charge in [0.2, 0.25) is 0 Å². The molecule has 0 saturated carbocycles. The Kier molecular flexibility index (Phi) is 7.45. The number of likely N-dealkylation sites (tertiary alicyclic amines) is 1. The normalized spacial score (nSPS) is 19.3. The van der Waals surface area contributed by atoms with Crippen molar-refractivity contribution in [1.29, 1.82) is 0 Å². The highest BCUT2D eigenvalue weighted by molar-refractivity contribution is 7.92. The molecule has 1 heterocycles. The lowest BCUT2D eigenvalue weighted by Gasteiger charge is -2.28. The summed E-state index contributed by atoms with van der Waals surface area (Å²) in [6, 6.07) is 11.9. The zero-order valence-corrected chi connectivity index (χ0v) is 21.6. The van der Waals surface area contributed by atoms with Gasteiger partial charge in [0.1, 0.15) is 5.60 Å². The third-order valence-electron chi connectivity index (χ3n) is 5.52. The summed E-state index contributed by atoms with van der Waals surface area (Å²) in [6.07, 6.45) is -0.686. The molecule has 1 aliphatic rings. The maximum atomic E-state index is 13.3. The summed E-state index contributed by atoms with van der Waals surface area (Å²) >= 11 is 0. The predicted molar refractivity (Wildman–Crippen MR) is 128 cm³/mol. The van der Waals surface area contributed by atoms with Crippen LogP contribution in [0.4, 0.5) is 4.79 Å². The zero-order valence-electron chi connectivity index (χ0n) is 20.0. The molecule has 0 aromatic heterocycles. The Morgan fingerprint density at radius 3 is 1.91 bits per heavy atom. The molecule has 8 nitrogen and oxygen atoms in total. The van der Waals surface area contributed by atoms with E-state index in [-0.39, 0.29) is 29.4 Å². The van der Waals surface area contributed by atoms with Gasteiger partial charge in [-0.05, 0) is 65.3 Å². The number of sulfone groups is 1. The lowest BCUT2D eigenvalue weighted by molar-refractivity contribution is 0.0189. The molecule has 0 bridgehead atoms. The summed E-state index contributed by atoms with van der Waals surface area (Å²) < 4.78 is 62.6. The Hall–Kier alpha value is -2.43. The maximum Gasteiger partial charge on any atom is 0.410 e. The van der Waals surface area contributed by atoms with E-state index in [0.717, 1.165) is 11.1 Å². The Morgan fingerprint density at radius 2 is 1.41 bits per heavy atom. The molecule has 0 spiro atoms. The van der Waals surface area contributed by atoms with Gasteiger partial charge in [-0.1, -0.05) is 35.4 Å². The van der Waals surface area contributed by atoms with Crippen LogP contribution in [0.15, 0.2) is 58.3 Å². The second-order valence-corrected chi connectivity index (χ2v) is 13.4. The van der Waals surface area contributed by atoms with Crippen molar-refractivity contribution in [2.45, 2.75) is 67.7 Å². The highest BCUT2D eigenvalue weighted by Crippen LogP contribution is 2.30. The first-order chi connectivity index (χ1) is 15.7. The number of ether oxygens (including phenoxy) is 1. The summed E-state index contributed by atoms with van der Waals surface area (Å²) in [5.74, 6) is 0. The van der Waals surface area contributed by atoms with Crippen LogP contribution >= 0.6 is 0 Å². The maximum absolute atomic E-state index is 13.3. The van der Waals surface area contributed by atoms with E-state index in [1.807, 2.05) is 13.8 Å². The van der Waals surface area contributed by atoms with E-state index in [4.69, 9.17) is 8.92 Å². The molecule has 186 valence electrons. The van der Waals surface area contributed by atoms with E-state index in [1.54, 1.807) is 45.0 Å². The molecule has 0 aliphatic carbocycles. The summed E-state index contributed by atoms with van der Waals surface area (Å²) in [7, 11) is -7.85. The highest BCUT2D eigenvalue weighted by atomic mass is 32.2. The molecule has 0 radical (unpaired) electrons. The molecule has 2 atom stereocenters. The molecule has 34 heavy (non-hydrogen) atoms. The summed E-state index contributed by atoms with van der Waals surface area (Å²) in [5, 5.41) is -0.918. The molecule has 1 amide bonds. The van der Waals surface area contributed by atoms with Crippen molar-refractivity contribution in [2.75, 3.05) is 13.2 Å². The predicted octanol–water partition coefficient (Wildman–Crippen LogP) is 3.86. The number of aryl methyl sites for hydroxylation is 2. The fraction of sp³-hybridized carbons (Fsp3) is 0.458. The van der Waals surface area contributed by atoms with Crippen molar-refractivity contribution < 1.29 is 30.6 Å². The number of hydrogen-bond donors (Lipinski definition) is 0. The number of carbonyl (C=O) groups excluding carboxylic acids is 1. The lowest BCUT2D eigenvalue weighted by Crippen LogP contribution is -2.42. The number of carbonyl (C=O) groups is 1. The lowest BCUT2D eigenvalue weighted by atomic mass is 10.2. The number of nitrogens with zero attached hydrogens (tertiary/aromatic N) is 1. The van der Waals surface area contributed by atoms with Crippen LogP contribution in [0.25, 0.3) is 0 Å². The zero-order chi connectivity index (χ0) is 25.3. The van der Waals surface area contributed by atoms with E-state index < -0.39 is 42.9 Å². The fourth-order valence-electron chi connectivity index (χ4n) is 3.66. The molecule has 3 rings (SSSR count). The largest absolute Gasteiger partial charge is 0.444 e. The van der Waals surface area contributed by atoms with Gasteiger partial charge in [-0.25, -0.2) is 13.2 Å². The van der Waals surface area contributed by atoms with Crippen LogP contribution in [0.3, 0.4) is 0 Å². The van der Waals surface area contributed by atoms with Crippen molar-refractivity contribution in [2.24, 2.45) is 0 Å². The molecule has 1 aliphatic heterocycles. The van der Waals surface area contributed by atoms with Crippen molar-refractivity contribution in [3.8, 4) is 0 Å². The van der Waals surface area contributed by atoms with Gasteiger partial charge in [0.05, 0.1) is 27.7 Å². The number of rotatable bonds is 6. The molecule has 0 N–H and O–H groups in total. The Morgan fingerprint density at radius 1 is 0.912 bits per heavy atom. The van der Waals surface area contributed by atoms with Crippen molar-refractivity contribution in [3.63, 3.8) is 0 Å². The van der Waals surface area contributed by atoms with Crippen LogP contribution in [0.5, 0.6) is 0 Å². The van der Waals surface area contributed by atoms with Crippen LogP contribution in [-0.4, -0.2) is 57.9 Å². The number of benzene rings is 2. The van der Waals surface area contributed by atoms with Crippen LogP contribution in [-0.2, 0) is 28.9 Å². The van der Waals surface area contributed by atoms with Crippen molar-refractivity contribution in [3.05, 3.63) is 59.7 Å². The van der Waals surface area contributed by atoms with Gasteiger partial charge >= 0.3 is 6.09 Å². The molecule has 2 aromatic carbocycles. The third-order valence-corrected chi connectivity index (χ3v) is 8.96. The van der Waals surface area contributed by atoms with Gasteiger partial charge in [-0.3, -0.25) is 4.18 Å². The topological polar surface area (TPSA) is 107 Å². The Bertz CT molecular complexity index is 1230. The first-order valence-electron chi connectivity index (χ1n) is 11.0. The van der Waals surface area contributed by atoms with Gasteiger partial charge < -0.3 is 9.64 Å². The van der Waals surface area contributed by atoms with Gasteiger partial charge in [-0.15, -0.1) is 0 Å². The summed E-state index contributed by atoms with van der Waals surface area (Å²) in [5.41, 5.74) is 1.02. The van der Waals surface area contributed by atoms with E-state index in [1.165, 1.54) is 29.2 Å². The fourth-order valence-corrected chi connectivity index (χ4v) is 6.34. The minimum Gasteiger partial charge on any atom is -0.444 e. The first-order valence-corrected chi connectivity index (χ1v) is 13.9. The summed E-state index contributed by atoms with van der Waals surface area (Å²) in [4.78, 5) is 14.3. The van der Waals surface area contributed by atoms with Crippen molar-refractivity contribution >= 4 is 26.0 Å². The molecule has 2 unspecified atom stereocenters. The molecule has 10 heteroatoms. The Labute approximate surface area is 201 Å². The average molecular weight is 510 g/mol. The molecular formula is C24H31NO7S2. The highest BCUT2D eigenvalue weighted by Gasteiger charge is 2.44. The number of amides is 1.